The summed E-state index contributed by atoms with van der Waals surface area (Å²) in [5.74, 6) is -0.332. The smallest absolute Gasteiger partial charge is 0.255 e. The first-order valence-corrected chi connectivity index (χ1v) is 11.7. The monoisotopic (exact) mass is 427 g/mol. The SMILES string of the molecule is C=C1CCC(N2Cc3c(ccc(C[C@H]4CCCC[C@@H]4N[C@@H](C)CC)c3F)C2=O)C(=O)N1. The van der Waals surface area contributed by atoms with Crippen LogP contribution in [0.25, 0.3) is 0 Å². The van der Waals surface area contributed by atoms with Gasteiger partial charge in [0.1, 0.15) is 11.9 Å². The second kappa shape index (κ2) is 9.11. The quantitative estimate of drug-likeness (QED) is 0.720. The maximum absolute atomic E-state index is 15.5. The molecule has 1 aliphatic carbocycles. The largest absolute Gasteiger partial charge is 0.329 e. The number of hydrogen-bond donors (Lipinski definition) is 2. The molecule has 0 radical (unpaired) electrons. The fourth-order valence-corrected chi connectivity index (χ4v) is 5.33. The molecule has 3 aliphatic rings. The van der Waals surface area contributed by atoms with Gasteiger partial charge in [-0.3, -0.25) is 9.59 Å². The number of benzene rings is 1. The van der Waals surface area contributed by atoms with Crippen LogP contribution in [0.5, 0.6) is 0 Å². The van der Waals surface area contributed by atoms with Gasteiger partial charge in [-0.15, -0.1) is 0 Å². The van der Waals surface area contributed by atoms with E-state index in [0.717, 1.165) is 19.3 Å². The molecule has 168 valence electrons. The Kier molecular flexibility index (Phi) is 6.47. The first-order valence-electron chi connectivity index (χ1n) is 11.7. The molecule has 0 aromatic heterocycles. The molecular weight excluding hydrogens is 393 g/mol. The van der Waals surface area contributed by atoms with Crippen LogP contribution in [0, 0.1) is 11.7 Å². The summed E-state index contributed by atoms with van der Waals surface area (Å²) in [6, 6.07) is 3.85. The second-order valence-corrected chi connectivity index (χ2v) is 9.48. The van der Waals surface area contributed by atoms with E-state index in [-0.39, 0.29) is 24.2 Å². The summed E-state index contributed by atoms with van der Waals surface area (Å²) < 4.78 is 15.5. The van der Waals surface area contributed by atoms with E-state index in [1.54, 1.807) is 12.1 Å². The first kappa shape index (κ1) is 22.0. The Labute approximate surface area is 184 Å². The lowest BCUT2D eigenvalue weighted by Gasteiger charge is -2.34. The average Bonchev–Trinajstić information content (AvgIpc) is 3.08. The van der Waals surface area contributed by atoms with E-state index in [2.05, 4.69) is 31.1 Å². The van der Waals surface area contributed by atoms with Gasteiger partial charge in [0.25, 0.3) is 5.91 Å². The van der Waals surface area contributed by atoms with Gasteiger partial charge in [-0.1, -0.05) is 32.4 Å². The van der Waals surface area contributed by atoms with Gasteiger partial charge < -0.3 is 15.5 Å². The third-order valence-electron chi connectivity index (χ3n) is 7.34. The van der Waals surface area contributed by atoms with Crippen molar-refractivity contribution in [2.24, 2.45) is 5.92 Å². The number of nitrogens with zero attached hydrogens (tertiary/aromatic N) is 1. The Morgan fingerprint density at radius 2 is 2.03 bits per heavy atom. The van der Waals surface area contributed by atoms with Crippen LogP contribution in [0.15, 0.2) is 24.4 Å². The lowest BCUT2D eigenvalue weighted by Crippen LogP contribution is -2.49. The van der Waals surface area contributed by atoms with E-state index in [1.165, 1.54) is 17.7 Å². The molecule has 2 fully saturated rings. The number of hydrogen-bond acceptors (Lipinski definition) is 3. The van der Waals surface area contributed by atoms with Crippen LogP contribution in [0.1, 0.15) is 80.3 Å². The van der Waals surface area contributed by atoms with E-state index >= 15 is 4.39 Å². The maximum atomic E-state index is 15.5. The maximum Gasteiger partial charge on any atom is 0.255 e. The second-order valence-electron chi connectivity index (χ2n) is 9.48. The standard InChI is InChI=1S/C25H34FN3O2/c1-4-15(2)27-21-8-6-5-7-17(21)13-18-10-11-19-20(23(18)26)14-29(25(19)31)22-12-9-16(3)28-24(22)30/h10-11,15,17,21-22,27H,3-9,12-14H2,1-2H3,(H,28,30)/t15-,17+,21-,22?/m0/s1. The molecule has 2 aliphatic heterocycles. The van der Waals surface area contributed by atoms with Crippen molar-refractivity contribution in [3.05, 3.63) is 46.9 Å². The van der Waals surface area contributed by atoms with Gasteiger partial charge in [-0.2, -0.15) is 0 Å². The fourth-order valence-electron chi connectivity index (χ4n) is 5.33. The van der Waals surface area contributed by atoms with Crippen LogP contribution in [0.3, 0.4) is 0 Å². The number of amides is 2. The lowest BCUT2D eigenvalue weighted by atomic mass is 9.80. The van der Waals surface area contributed by atoms with Crippen LogP contribution in [0.2, 0.25) is 0 Å². The molecule has 1 saturated heterocycles. The molecule has 4 rings (SSSR count). The molecule has 1 aromatic carbocycles. The predicted octanol–water partition coefficient (Wildman–Crippen LogP) is 4.06. The molecule has 2 N–H and O–H groups in total. The van der Waals surface area contributed by atoms with Crippen molar-refractivity contribution >= 4 is 11.8 Å². The highest BCUT2D eigenvalue weighted by Crippen LogP contribution is 2.34. The van der Waals surface area contributed by atoms with Gasteiger partial charge in [-0.05, 0) is 63.0 Å². The van der Waals surface area contributed by atoms with E-state index in [0.29, 0.717) is 59.7 Å². The molecule has 0 spiro atoms. The molecular formula is C25H34FN3O2. The van der Waals surface area contributed by atoms with Crippen LogP contribution in [-0.2, 0) is 17.8 Å². The summed E-state index contributed by atoms with van der Waals surface area (Å²) in [5.41, 5.74) is 2.21. The molecule has 6 heteroatoms. The molecule has 1 saturated carbocycles. The van der Waals surface area contributed by atoms with Crippen molar-refractivity contribution in [2.45, 2.75) is 89.9 Å². The predicted molar refractivity (Wildman–Crippen MR) is 119 cm³/mol. The van der Waals surface area contributed by atoms with Gasteiger partial charge >= 0.3 is 0 Å². The van der Waals surface area contributed by atoms with Crippen LogP contribution in [0.4, 0.5) is 4.39 Å². The molecule has 1 aromatic rings. The van der Waals surface area contributed by atoms with E-state index < -0.39 is 6.04 Å². The van der Waals surface area contributed by atoms with Crippen molar-refractivity contribution in [1.29, 1.82) is 0 Å². The minimum Gasteiger partial charge on any atom is -0.329 e. The summed E-state index contributed by atoms with van der Waals surface area (Å²) >= 11 is 0. The Hall–Kier alpha value is -2.21. The fraction of sp³-hybridized carbons (Fsp3) is 0.600. The van der Waals surface area contributed by atoms with Crippen molar-refractivity contribution in [2.75, 3.05) is 0 Å². The Morgan fingerprint density at radius 3 is 2.77 bits per heavy atom. The van der Waals surface area contributed by atoms with Crippen molar-refractivity contribution in [3.63, 3.8) is 0 Å². The van der Waals surface area contributed by atoms with Gasteiger partial charge in [0.05, 0.1) is 6.54 Å². The highest BCUT2D eigenvalue weighted by atomic mass is 19.1. The van der Waals surface area contributed by atoms with E-state index in [4.69, 9.17) is 0 Å². The zero-order valence-electron chi connectivity index (χ0n) is 18.7. The molecule has 0 bridgehead atoms. The lowest BCUT2D eigenvalue weighted by molar-refractivity contribution is -0.126. The molecule has 5 nitrogen and oxygen atoms in total. The average molecular weight is 428 g/mol. The van der Waals surface area contributed by atoms with Crippen molar-refractivity contribution in [3.8, 4) is 0 Å². The Balaban J connectivity index is 1.51. The molecule has 4 atom stereocenters. The number of piperidine rings is 1. The van der Waals surface area contributed by atoms with Crippen molar-refractivity contribution in [1.82, 2.24) is 15.5 Å². The molecule has 1 unspecified atom stereocenters. The molecule has 2 amide bonds. The third-order valence-corrected chi connectivity index (χ3v) is 7.34. The molecule has 31 heavy (non-hydrogen) atoms. The summed E-state index contributed by atoms with van der Waals surface area (Å²) in [7, 11) is 0. The van der Waals surface area contributed by atoms with Gasteiger partial charge in [0.15, 0.2) is 0 Å². The molecule has 2 heterocycles. The number of rotatable bonds is 6. The van der Waals surface area contributed by atoms with Crippen LogP contribution >= 0.6 is 0 Å². The van der Waals surface area contributed by atoms with E-state index in [1.807, 2.05) is 0 Å². The minimum absolute atomic E-state index is 0.164. The topological polar surface area (TPSA) is 61.4 Å². The number of allylic oxidation sites excluding steroid dienone is 1. The van der Waals surface area contributed by atoms with Gasteiger partial charge in [-0.25, -0.2) is 4.39 Å². The zero-order chi connectivity index (χ0) is 22.1. The summed E-state index contributed by atoms with van der Waals surface area (Å²) in [6.07, 6.45) is 7.57. The summed E-state index contributed by atoms with van der Waals surface area (Å²) in [6.45, 7) is 8.35. The summed E-state index contributed by atoms with van der Waals surface area (Å²) in [5, 5.41) is 6.47. The normalized spacial score (nSPS) is 27.3. The minimum atomic E-state index is -0.560. The Bertz CT molecular complexity index is 884. The van der Waals surface area contributed by atoms with E-state index in [9.17, 15) is 9.59 Å². The highest BCUT2D eigenvalue weighted by molar-refractivity contribution is 6.01. The Morgan fingerprint density at radius 1 is 1.26 bits per heavy atom. The van der Waals surface area contributed by atoms with Crippen LogP contribution in [-0.4, -0.2) is 34.8 Å². The van der Waals surface area contributed by atoms with Gasteiger partial charge in [0, 0.05) is 28.9 Å². The third kappa shape index (κ3) is 4.40. The first-order chi connectivity index (χ1) is 14.9. The van der Waals surface area contributed by atoms with Crippen molar-refractivity contribution < 1.29 is 14.0 Å². The number of halogens is 1. The van der Waals surface area contributed by atoms with Crippen LogP contribution < -0.4 is 10.6 Å². The number of fused-ring (bicyclic) bond motifs is 1. The van der Waals surface area contributed by atoms with Gasteiger partial charge in [0.2, 0.25) is 5.91 Å². The highest BCUT2D eigenvalue weighted by Gasteiger charge is 2.40. The summed E-state index contributed by atoms with van der Waals surface area (Å²) in [4.78, 5) is 26.8. The number of carbonyl (C=O) groups excluding carboxylic acids is 2. The zero-order valence-corrected chi connectivity index (χ0v) is 18.7. The number of carbonyl (C=O) groups is 2. The number of nitrogens with one attached hydrogen (secondary N) is 2.